The Balaban J connectivity index is 1.68. The van der Waals surface area contributed by atoms with Gasteiger partial charge in [0.2, 0.25) is 5.95 Å². The maximum absolute atomic E-state index is 4.76. The smallest absolute Gasteiger partial charge is 0.223 e. The molecule has 7 heteroatoms. The van der Waals surface area contributed by atoms with Crippen molar-refractivity contribution in [2.45, 2.75) is 20.4 Å². The van der Waals surface area contributed by atoms with E-state index in [1.165, 1.54) is 11.9 Å². The number of rotatable bonds is 5. The second-order valence-corrected chi connectivity index (χ2v) is 6.45. The van der Waals surface area contributed by atoms with Gasteiger partial charge in [0.15, 0.2) is 0 Å². The molecule has 0 aliphatic heterocycles. The largest absolute Gasteiger partial charge is 0.348 e. The Hall–Kier alpha value is -3.74. The van der Waals surface area contributed by atoms with Gasteiger partial charge < -0.3 is 5.32 Å². The lowest BCUT2D eigenvalue weighted by Gasteiger charge is -2.11. The summed E-state index contributed by atoms with van der Waals surface area (Å²) in [5, 5.41) is 3.22. The minimum Gasteiger partial charge on any atom is -0.348 e. The number of nitrogens with one attached hydrogen (secondary N) is 1. The Morgan fingerprint density at radius 2 is 1.57 bits per heavy atom. The molecule has 0 radical (unpaired) electrons. The number of anilines is 1. The van der Waals surface area contributed by atoms with Crippen LogP contribution in [-0.4, -0.2) is 29.9 Å². The summed E-state index contributed by atoms with van der Waals surface area (Å²) in [6.45, 7) is 4.47. The molecule has 0 saturated carbocycles. The van der Waals surface area contributed by atoms with Gasteiger partial charge in [0.05, 0.1) is 29.8 Å². The zero-order valence-corrected chi connectivity index (χ0v) is 15.7. The number of nitrogens with zero attached hydrogens (tertiary/aromatic N) is 6. The van der Waals surface area contributed by atoms with Crippen LogP contribution in [0.4, 0.5) is 5.95 Å². The van der Waals surface area contributed by atoms with Crippen molar-refractivity contribution < 1.29 is 0 Å². The minimum atomic E-state index is 0.494. The Kier molecular flexibility index (Phi) is 4.97. The molecule has 3 aromatic heterocycles. The van der Waals surface area contributed by atoms with Crippen molar-refractivity contribution in [3.05, 3.63) is 78.5 Å². The molecule has 0 aliphatic rings. The van der Waals surface area contributed by atoms with Crippen LogP contribution in [0, 0.1) is 13.8 Å². The summed E-state index contributed by atoms with van der Waals surface area (Å²) >= 11 is 0. The summed E-state index contributed by atoms with van der Waals surface area (Å²) in [4.78, 5) is 26.1. The van der Waals surface area contributed by atoms with E-state index in [-0.39, 0.29) is 0 Å². The van der Waals surface area contributed by atoms with Gasteiger partial charge in [-0.25, -0.2) is 19.9 Å². The molecule has 3 heterocycles. The van der Waals surface area contributed by atoms with E-state index in [9.17, 15) is 0 Å². The Bertz CT molecular complexity index is 1060. The van der Waals surface area contributed by atoms with Crippen LogP contribution in [0.2, 0.25) is 0 Å². The summed E-state index contributed by atoms with van der Waals surface area (Å²) < 4.78 is 0. The zero-order chi connectivity index (χ0) is 19.3. The molecule has 4 aromatic rings. The van der Waals surface area contributed by atoms with Crippen LogP contribution < -0.4 is 5.32 Å². The summed E-state index contributed by atoms with van der Waals surface area (Å²) in [6.07, 6.45) is 10.3. The lowest BCUT2D eigenvalue weighted by molar-refractivity contribution is 0.963. The topological polar surface area (TPSA) is 89.4 Å². The number of hydrogen-bond donors (Lipinski definition) is 1. The van der Waals surface area contributed by atoms with E-state index in [1.807, 2.05) is 6.92 Å². The van der Waals surface area contributed by atoms with Gasteiger partial charge in [-0.15, -0.1) is 0 Å². The average Bonchev–Trinajstić information content (AvgIpc) is 2.74. The van der Waals surface area contributed by atoms with Gasteiger partial charge in [0.1, 0.15) is 6.33 Å². The molecular weight excluding hydrogens is 350 g/mol. The van der Waals surface area contributed by atoms with E-state index in [0.717, 1.165) is 33.8 Å². The van der Waals surface area contributed by atoms with Gasteiger partial charge in [0, 0.05) is 41.5 Å². The Morgan fingerprint density at radius 1 is 0.786 bits per heavy atom. The Labute approximate surface area is 163 Å². The lowest BCUT2D eigenvalue weighted by atomic mass is 10.0. The van der Waals surface area contributed by atoms with Crippen LogP contribution in [-0.2, 0) is 6.54 Å². The highest BCUT2D eigenvalue weighted by Crippen LogP contribution is 2.30. The first kappa shape index (κ1) is 17.7. The summed E-state index contributed by atoms with van der Waals surface area (Å²) in [5.74, 6) is 0.526. The van der Waals surface area contributed by atoms with Crippen LogP contribution in [0.1, 0.15) is 17.0 Å². The SMILES string of the molecule is Cc1ccc(-c2nc(NCc3cnc(C)cn3)ncc2-c2cncnc2)cc1. The summed E-state index contributed by atoms with van der Waals surface area (Å²) in [6, 6.07) is 8.25. The van der Waals surface area contributed by atoms with Crippen molar-refractivity contribution in [1.82, 2.24) is 29.9 Å². The fourth-order valence-electron chi connectivity index (χ4n) is 2.73. The van der Waals surface area contributed by atoms with Gasteiger partial charge >= 0.3 is 0 Å². The van der Waals surface area contributed by atoms with Crippen molar-refractivity contribution in [3.63, 3.8) is 0 Å². The number of benzene rings is 1. The van der Waals surface area contributed by atoms with E-state index in [2.05, 4.69) is 61.4 Å². The first-order valence-electron chi connectivity index (χ1n) is 8.90. The van der Waals surface area contributed by atoms with Gasteiger partial charge in [-0.05, 0) is 13.8 Å². The van der Waals surface area contributed by atoms with Crippen molar-refractivity contribution in [3.8, 4) is 22.4 Å². The first-order chi connectivity index (χ1) is 13.7. The van der Waals surface area contributed by atoms with Crippen LogP contribution in [0.15, 0.2) is 61.6 Å². The molecule has 138 valence electrons. The normalized spacial score (nSPS) is 10.6. The molecule has 0 aliphatic carbocycles. The second-order valence-electron chi connectivity index (χ2n) is 6.45. The van der Waals surface area contributed by atoms with E-state index >= 15 is 0 Å². The summed E-state index contributed by atoms with van der Waals surface area (Å²) in [5.41, 5.74) is 6.48. The number of hydrogen-bond acceptors (Lipinski definition) is 7. The first-order valence-corrected chi connectivity index (χ1v) is 8.90. The highest BCUT2D eigenvalue weighted by Gasteiger charge is 2.12. The third kappa shape index (κ3) is 3.98. The highest BCUT2D eigenvalue weighted by atomic mass is 15.1. The molecule has 0 spiro atoms. The molecule has 4 rings (SSSR count). The van der Waals surface area contributed by atoms with Crippen molar-refractivity contribution in [2.24, 2.45) is 0 Å². The van der Waals surface area contributed by atoms with Gasteiger partial charge in [0.25, 0.3) is 0 Å². The molecule has 1 aromatic carbocycles. The van der Waals surface area contributed by atoms with E-state index < -0.39 is 0 Å². The van der Waals surface area contributed by atoms with Crippen molar-refractivity contribution in [1.29, 1.82) is 0 Å². The van der Waals surface area contributed by atoms with Crippen LogP contribution in [0.5, 0.6) is 0 Å². The zero-order valence-electron chi connectivity index (χ0n) is 15.7. The standard InChI is InChI=1S/C21H19N7/c1-14-3-5-16(6-4-14)20-19(17-8-22-13-23-9-17)12-27-21(28-20)26-11-18-10-24-15(2)7-25-18/h3-10,12-13H,11H2,1-2H3,(H,26,27,28). The molecule has 0 fully saturated rings. The fourth-order valence-corrected chi connectivity index (χ4v) is 2.73. The number of aryl methyl sites for hydroxylation is 2. The molecule has 1 N–H and O–H groups in total. The van der Waals surface area contributed by atoms with Crippen LogP contribution in [0.25, 0.3) is 22.4 Å². The van der Waals surface area contributed by atoms with Crippen LogP contribution in [0.3, 0.4) is 0 Å². The highest BCUT2D eigenvalue weighted by molar-refractivity contribution is 5.80. The second kappa shape index (κ2) is 7.87. The predicted octanol–water partition coefficient (Wildman–Crippen LogP) is 3.62. The van der Waals surface area contributed by atoms with Gasteiger partial charge in [-0.2, -0.15) is 0 Å². The maximum atomic E-state index is 4.76. The lowest BCUT2D eigenvalue weighted by Crippen LogP contribution is -2.07. The fraction of sp³-hybridized carbons (Fsp3) is 0.143. The third-order valence-corrected chi connectivity index (χ3v) is 4.25. The predicted molar refractivity (Wildman–Crippen MR) is 107 cm³/mol. The van der Waals surface area contributed by atoms with Crippen molar-refractivity contribution in [2.75, 3.05) is 5.32 Å². The maximum Gasteiger partial charge on any atom is 0.223 e. The molecule has 0 saturated heterocycles. The molecule has 0 unspecified atom stereocenters. The van der Waals surface area contributed by atoms with Gasteiger partial charge in [-0.1, -0.05) is 29.8 Å². The minimum absolute atomic E-state index is 0.494. The van der Waals surface area contributed by atoms with E-state index in [1.54, 1.807) is 31.0 Å². The van der Waals surface area contributed by atoms with Gasteiger partial charge in [-0.3, -0.25) is 9.97 Å². The number of aromatic nitrogens is 6. The molecular formula is C21H19N7. The van der Waals surface area contributed by atoms with E-state index in [4.69, 9.17) is 4.98 Å². The Morgan fingerprint density at radius 3 is 2.29 bits per heavy atom. The molecule has 0 amide bonds. The molecule has 7 nitrogen and oxygen atoms in total. The van der Waals surface area contributed by atoms with Crippen LogP contribution >= 0.6 is 0 Å². The molecule has 28 heavy (non-hydrogen) atoms. The molecule has 0 atom stereocenters. The average molecular weight is 369 g/mol. The summed E-state index contributed by atoms with van der Waals surface area (Å²) in [7, 11) is 0. The quantitative estimate of drug-likeness (QED) is 0.574. The monoisotopic (exact) mass is 369 g/mol. The molecule has 0 bridgehead atoms. The van der Waals surface area contributed by atoms with Crippen molar-refractivity contribution >= 4 is 5.95 Å². The third-order valence-electron chi connectivity index (χ3n) is 4.25. The van der Waals surface area contributed by atoms with E-state index in [0.29, 0.717) is 12.5 Å².